The van der Waals surface area contributed by atoms with E-state index in [1.165, 1.54) is 0 Å². The lowest BCUT2D eigenvalue weighted by molar-refractivity contribution is 0.00940. The van der Waals surface area contributed by atoms with Crippen LogP contribution in [0, 0.1) is 18.8 Å². The molecular formula is C16H25ClN4O2. The quantitative estimate of drug-likeness (QED) is 0.877. The van der Waals surface area contributed by atoms with Gasteiger partial charge in [-0.3, -0.25) is 9.48 Å². The minimum Gasteiger partial charge on any atom is -0.391 e. The topological polar surface area (TPSA) is 61.6 Å². The van der Waals surface area contributed by atoms with E-state index in [9.17, 15) is 9.90 Å². The Labute approximate surface area is 142 Å². The van der Waals surface area contributed by atoms with Crippen LogP contribution >= 0.6 is 11.6 Å². The van der Waals surface area contributed by atoms with E-state index < -0.39 is 0 Å². The van der Waals surface area contributed by atoms with E-state index in [-0.39, 0.29) is 18.1 Å². The summed E-state index contributed by atoms with van der Waals surface area (Å²) in [7, 11) is 5.76. The number of halogens is 1. The fraction of sp³-hybridized carbons (Fsp3) is 0.750. The average Bonchev–Trinajstić information content (AvgIpc) is 2.98. The van der Waals surface area contributed by atoms with Gasteiger partial charge in [0.15, 0.2) is 0 Å². The number of amides is 1. The van der Waals surface area contributed by atoms with Crippen molar-refractivity contribution in [3.8, 4) is 0 Å². The van der Waals surface area contributed by atoms with Crippen LogP contribution in [0.3, 0.4) is 0 Å². The lowest BCUT2D eigenvalue weighted by Crippen LogP contribution is -2.46. The van der Waals surface area contributed by atoms with E-state index in [0.717, 1.165) is 19.4 Å². The first kappa shape index (κ1) is 16.7. The molecule has 128 valence electrons. The van der Waals surface area contributed by atoms with Crippen LogP contribution in [0.4, 0.5) is 0 Å². The smallest absolute Gasteiger partial charge is 0.273 e. The minimum absolute atomic E-state index is 0.0524. The average molecular weight is 341 g/mol. The molecule has 1 saturated carbocycles. The molecule has 0 bridgehead atoms. The normalized spacial score (nSPS) is 30.8. The maximum Gasteiger partial charge on any atom is 0.273 e. The fourth-order valence-electron chi connectivity index (χ4n) is 4.14. The fourth-order valence-corrected chi connectivity index (χ4v) is 4.38. The molecule has 1 amide bonds. The van der Waals surface area contributed by atoms with Crippen molar-refractivity contribution in [2.24, 2.45) is 18.9 Å². The van der Waals surface area contributed by atoms with Crippen LogP contribution in [0.5, 0.6) is 0 Å². The van der Waals surface area contributed by atoms with Gasteiger partial charge in [-0.15, -0.1) is 0 Å². The summed E-state index contributed by atoms with van der Waals surface area (Å²) in [5, 5.41) is 15.0. The number of aliphatic hydroxyl groups is 1. The Kier molecular flexibility index (Phi) is 4.42. The molecule has 23 heavy (non-hydrogen) atoms. The van der Waals surface area contributed by atoms with Gasteiger partial charge in [0, 0.05) is 26.2 Å². The van der Waals surface area contributed by atoms with E-state index in [0.29, 0.717) is 34.8 Å². The van der Waals surface area contributed by atoms with E-state index in [4.69, 9.17) is 11.6 Å². The van der Waals surface area contributed by atoms with Crippen molar-refractivity contribution in [1.82, 2.24) is 19.6 Å². The SMILES string of the molecule is Cc1nn(C)c(C(=O)N2C[C@H]3C[C@@H](N(C)C)[C@H](O)C[C@H]3C2)c1Cl. The Balaban J connectivity index is 1.76. The summed E-state index contributed by atoms with van der Waals surface area (Å²) in [5.41, 5.74) is 1.14. The second kappa shape index (κ2) is 6.07. The van der Waals surface area contributed by atoms with Crippen LogP contribution in [0.2, 0.25) is 5.02 Å². The van der Waals surface area contributed by atoms with Crippen LogP contribution in [0.15, 0.2) is 0 Å². The van der Waals surface area contributed by atoms with Crippen LogP contribution < -0.4 is 0 Å². The number of hydrogen-bond donors (Lipinski definition) is 1. The van der Waals surface area contributed by atoms with Gasteiger partial charge in [-0.05, 0) is 45.7 Å². The van der Waals surface area contributed by atoms with Gasteiger partial charge in [0.25, 0.3) is 5.91 Å². The van der Waals surface area contributed by atoms with E-state index in [2.05, 4.69) is 10.00 Å². The highest BCUT2D eigenvalue weighted by Gasteiger charge is 2.44. The second-order valence-electron chi connectivity index (χ2n) is 7.17. The Bertz CT molecular complexity index is 615. The number of aliphatic hydroxyl groups excluding tert-OH is 1. The summed E-state index contributed by atoms with van der Waals surface area (Å²) in [6.07, 6.45) is 1.37. The first-order chi connectivity index (χ1) is 10.8. The summed E-state index contributed by atoms with van der Waals surface area (Å²) in [4.78, 5) is 16.8. The third-order valence-electron chi connectivity index (χ3n) is 5.41. The standard InChI is InChI=1S/C16H25ClN4O2/c1-9-14(17)15(20(4)18-9)16(23)21-7-10-5-12(19(2)3)13(22)6-11(10)8-21/h10-13,22H,5-8H2,1-4H3/t10-,11+,12-,13-/m1/s1. The molecule has 7 heteroatoms. The molecule has 2 heterocycles. The molecule has 1 aromatic heterocycles. The predicted molar refractivity (Wildman–Crippen MR) is 88.6 cm³/mol. The van der Waals surface area contributed by atoms with Crippen molar-refractivity contribution < 1.29 is 9.90 Å². The number of hydrogen-bond acceptors (Lipinski definition) is 4. The van der Waals surface area contributed by atoms with Crippen molar-refractivity contribution in [2.75, 3.05) is 27.2 Å². The third-order valence-corrected chi connectivity index (χ3v) is 5.86. The zero-order chi connectivity index (χ0) is 16.9. The molecule has 2 fully saturated rings. The third kappa shape index (κ3) is 2.88. The number of likely N-dealkylation sites (N-methyl/N-ethyl adjacent to an activating group) is 1. The summed E-state index contributed by atoms with van der Waals surface area (Å²) in [6.45, 7) is 3.24. The van der Waals surface area contributed by atoms with Crippen molar-refractivity contribution in [3.63, 3.8) is 0 Å². The first-order valence-electron chi connectivity index (χ1n) is 8.12. The molecule has 1 aliphatic carbocycles. The first-order valence-corrected chi connectivity index (χ1v) is 8.50. The van der Waals surface area contributed by atoms with Crippen molar-refractivity contribution in [1.29, 1.82) is 0 Å². The van der Waals surface area contributed by atoms with Gasteiger partial charge in [-0.1, -0.05) is 11.6 Å². The lowest BCUT2D eigenvalue weighted by atomic mass is 9.77. The molecular weight excluding hydrogens is 316 g/mol. The second-order valence-corrected chi connectivity index (χ2v) is 7.55. The van der Waals surface area contributed by atoms with E-state index in [1.807, 2.05) is 19.0 Å². The van der Waals surface area contributed by atoms with Crippen molar-refractivity contribution in [2.45, 2.75) is 31.9 Å². The molecule has 6 nitrogen and oxygen atoms in total. The maximum atomic E-state index is 12.8. The number of fused-ring (bicyclic) bond motifs is 1. The Hall–Kier alpha value is -1.11. The highest BCUT2D eigenvalue weighted by Crippen LogP contribution is 2.38. The van der Waals surface area contributed by atoms with Crippen molar-refractivity contribution >= 4 is 17.5 Å². The van der Waals surface area contributed by atoms with Crippen LogP contribution in [0.1, 0.15) is 29.0 Å². The molecule has 1 saturated heterocycles. The highest BCUT2D eigenvalue weighted by atomic mass is 35.5. The Morgan fingerprint density at radius 2 is 1.91 bits per heavy atom. The number of carbonyl (C=O) groups excluding carboxylic acids is 1. The summed E-state index contributed by atoms with van der Waals surface area (Å²) in [5.74, 6) is 0.768. The van der Waals surface area contributed by atoms with Gasteiger partial charge < -0.3 is 14.9 Å². The molecule has 1 N–H and O–H groups in total. The number of nitrogens with zero attached hydrogens (tertiary/aromatic N) is 4. The number of carbonyl (C=O) groups is 1. The van der Waals surface area contributed by atoms with Gasteiger partial charge in [0.2, 0.25) is 0 Å². The van der Waals surface area contributed by atoms with Gasteiger partial charge in [0.05, 0.1) is 16.8 Å². The molecule has 2 aliphatic rings. The molecule has 0 radical (unpaired) electrons. The minimum atomic E-state index is -0.316. The summed E-state index contributed by atoms with van der Waals surface area (Å²) >= 11 is 6.25. The van der Waals surface area contributed by atoms with Gasteiger partial charge >= 0.3 is 0 Å². The van der Waals surface area contributed by atoms with Crippen LogP contribution in [0.25, 0.3) is 0 Å². The number of aryl methyl sites for hydroxylation is 2. The van der Waals surface area contributed by atoms with E-state index in [1.54, 1.807) is 18.7 Å². The van der Waals surface area contributed by atoms with Crippen LogP contribution in [-0.2, 0) is 7.05 Å². The number of rotatable bonds is 2. The Morgan fingerprint density at radius 1 is 1.30 bits per heavy atom. The van der Waals surface area contributed by atoms with Crippen LogP contribution in [-0.4, -0.2) is 69.9 Å². The summed E-state index contributed by atoms with van der Waals surface area (Å²) < 4.78 is 1.57. The molecule has 0 unspecified atom stereocenters. The van der Waals surface area contributed by atoms with Crippen molar-refractivity contribution in [3.05, 3.63) is 16.4 Å². The molecule has 4 atom stereocenters. The largest absolute Gasteiger partial charge is 0.391 e. The molecule has 0 spiro atoms. The Morgan fingerprint density at radius 3 is 2.43 bits per heavy atom. The van der Waals surface area contributed by atoms with Gasteiger partial charge in [0.1, 0.15) is 5.69 Å². The predicted octanol–water partition coefficient (Wildman–Crippen LogP) is 1.16. The van der Waals surface area contributed by atoms with E-state index >= 15 is 0 Å². The monoisotopic (exact) mass is 340 g/mol. The molecule has 1 aliphatic heterocycles. The number of likely N-dealkylation sites (tertiary alicyclic amines) is 1. The van der Waals surface area contributed by atoms with Gasteiger partial charge in [-0.2, -0.15) is 5.10 Å². The summed E-state index contributed by atoms with van der Waals surface area (Å²) in [6, 6.07) is 0.175. The maximum absolute atomic E-state index is 12.8. The molecule has 0 aromatic carbocycles. The zero-order valence-corrected chi connectivity index (χ0v) is 14.9. The van der Waals surface area contributed by atoms with Gasteiger partial charge in [-0.25, -0.2) is 0 Å². The lowest BCUT2D eigenvalue weighted by Gasteiger charge is -2.38. The molecule has 1 aromatic rings. The highest BCUT2D eigenvalue weighted by molar-refractivity contribution is 6.34. The number of aromatic nitrogens is 2. The molecule has 3 rings (SSSR count). The zero-order valence-electron chi connectivity index (χ0n) is 14.2.